The molecule has 4 nitrogen and oxygen atoms in total. The fourth-order valence-corrected chi connectivity index (χ4v) is 1.80. The first-order valence-corrected chi connectivity index (χ1v) is 4.72. The van der Waals surface area contributed by atoms with Crippen LogP contribution in [-0.2, 0) is 30.9 Å². The molecule has 0 amide bonds. The molecule has 0 saturated heterocycles. The number of nitrogens with zero attached hydrogens (tertiary/aromatic N) is 2. The van der Waals surface area contributed by atoms with Gasteiger partial charge in [-0.3, -0.25) is 4.68 Å². The number of aromatic nitrogens is 2. The lowest BCUT2D eigenvalue weighted by Gasteiger charge is -2.14. The molecule has 1 aromatic rings. The minimum absolute atomic E-state index is 0.513. The van der Waals surface area contributed by atoms with E-state index in [9.17, 15) is 0 Å². The van der Waals surface area contributed by atoms with Gasteiger partial charge in [0, 0.05) is 30.8 Å². The Bertz CT molecular complexity index is 278. The summed E-state index contributed by atoms with van der Waals surface area (Å²) in [6, 6.07) is 0. The maximum atomic E-state index is 5.61. The maximum Gasteiger partial charge on any atom is 0.0818 e. The first-order chi connectivity index (χ1) is 6.36. The summed E-state index contributed by atoms with van der Waals surface area (Å²) in [6.45, 7) is 5.02. The average molecular weight is 181 g/mol. The van der Waals surface area contributed by atoms with Gasteiger partial charge in [0.05, 0.1) is 18.9 Å². The molecule has 0 spiro atoms. The predicted molar refractivity (Wildman–Crippen MR) is 49.2 cm³/mol. The zero-order valence-electron chi connectivity index (χ0n) is 7.92. The van der Waals surface area contributed by atoms with Gasteiger partial charge in [0.25, 0.3) is 0 Å². The topological polar surface area (TPSA) is 53.1 Å². The van der Waals surface area contributed by atoms with Crippen LogP contribution in [0.25, 0.3) is 0 Å². The Morgan fingerprint density at radius 2 is 2.46 bits per heavy atom. The molecule has 2 N–H and O–H groups in total. The van der Waals surface area contributed by atoms with Crippen LogP contribution >= 0.6 is 0 Å². The van der Waals surface area contributed by atoms with E-state index < -0.39 is 0 Å². The van der Waals surface area contributed by atoms with E-state index in [4.69, 9.17) is 10.5 Å². The fourth-order valence-electron chi connectivity index (χ4n) is 1.80. The number of hydrogen-bond acceptors (Lipinski definition) is 3. The largest absolute Gasteiger partial charge is 0.376 e. The van der Waals surface area contributed by atoms with Crippen molar-refractivity contribution in [2.75, 3.05) is 6.61 Å². The first-order valence-electron chi connectivity index (χ1n) is 4.72. The third-order valence-electron chi connectivity index (χ3n) is 2.47. The van der Waals surface area contributed by atoms with Crippen LogP contribution in [0.1, 0.15) is 23.9 Å². The summed E-state index contributed by atoms with van der Waals surface area (Å²) in [4.78, 5) is 0. The Balaban J connectivity index is 2.44. The van der Waals surface area contributed by atoms with Crippen LogP contribution in [0.2, 0.25) is 0 Å². The first kappa shape index (κ1) is 8.72. The Kier molecular flexibility index (Phi) is 2.33. The third kappa shape index (κ3) is 1.36. The molecule has 72 valence electrons. The maximum absolute atomic E-state index is 5.61. The van der Waals surface area contributed by atoms with Crippen LogP contribution in [0.4, 0.5) is 0 Å². The lowest BCUT2D eigenvalue weighted by Crippen LogP contribution is -2.13. The van der Waals surface area contributed by atoms with Crippen molar-refractivity contribution >= 4 is 0 Å². The van der Waals surface area contributed by atoms with Gasteiger partial charge in [-0.05, 0) is 6.92 Å². The number of hydrogen-bond donors (Lipinski definition) is 1. The summed E-state index contributed by atoms with van der Waals surface area (Å²) in [6.07, 6.45) is 0.968. The van der Waals surface area contributed by atoms with Crippen molar-refractivity contribution in [1.82, 2.24) is 9.78 Å². The molecule has 1 aliphatic rings. The van der Waals surface area contributed by atoms with Gasteiger partial charge in [0.15, 0.2) is 0 Å². The van der Waals surface area contributed by atoms with Crippen LogP contribution in [0.5, 0.6) is 0 Å². The summed E-state index contributed by atoms with van der Waals surface area (Å²) in [5, 5.41) is 4.44. The van der Waals surface area contributed by atoms with Crippen molar-refractivity contribution in [1.29, 1.82) is 0 Å². The number of fused-ring (bicyclic) bond motifs is 1. The molecule has 0 bridgehead atoms. The van der Waals surface area contributed by atoms with Crippen molar-refractivity contribution in [2.24, 2.45) is 5.73 Å². The van der Waals surface area contributed by atoms with Gasteiger partial charge in [0.2, 0.25) is 0 Å². The average Bonchev–Trinajstić information content (AvgIpc) is 2.56. The van der Waals surface area contributed by atoms with Crippen molar-refractivity contribution in [3.63, 3.8) is 0 Å². The van der Waals surface area contributed by atoms with E-state index in [1.807, 2.05) is 4.68 Å². The highest BCUT2D eigenvalue weighted by molar-refractivity contribution is 5.27. The second-order valence-electron chi connectivity index (χ2n) is 3.19. The smallest absolute Gasteiger partial charge is 0.0818 e. The van der Waals surface area contributed by atoms with Crippen molar-refractivity contribution in [2.45, 2.75) is 33.0 Å². The Morgan fingerprint density at radius 3 is 3.15 bits per heavy atom. The van der Waals surface area contributed by atoms with E-state index in [1.165, 1.54) is 11.3 Å². The SMILES string of the molecule is CCn1nc(CN)c2c1CCOC2. The van der Waals surface area contributed by atoms with Gasteiger partial charge >= 0.3 is 0 Å². The molecule has 4 heteroatoms. The highest BCUT2D eigenvalue weighted by Crippen LogP contribution is 2.20. The molecule has 13 heavy (non-hydrogen) atoms. The summed E-state index contributed by atoms with van der Waals surface area (Å²) in [5.41, 5.74) is 9.14. The molecular formula is C9H15N3O. The quantitative estimate of drug-likeness (QED) is 0.720. The zero-order chi connectivity index (χ0) is 9.26. The molecule has 1 aromatic heterocycles. The Labute approximate surface area is 77.7 Å². The molecule has 0 fully saturated rings. The van der Waals surface area contributed by atoms with Crippen LogP contribution in [0, 0.1) is 0 Å². The van der Waals surface area contributed by atoms with E-state index in [1.54, 1.807) is 0 Å². The van der Waals surface area contributed by atoms with Gasteiger partial charge < -0.3 is 10.5 Å². The summed E-state index contributed by atoms with van der Waals surface area (Å²) < 4.78 is 7.43. The molecular weight excluding hydrogens is 166 g/mol. The van der Waals surface area contributed by atoms with Gasteiger partial charge in [-0.25, -0.2) is 0 Å². The van der Waals surface area contributed by atoms with E-state index in [-0.39, 0.29) is 0 Å². The van der Waals surface area contributed by atoms with Crippen molar-refractivity contribution in [3.05, 3.63) is 17.0 Å². The van der Waals surface area contributed by atoms with E-state index in [0.717, 1.165) is 25.3 Å². The molecule has 0 aliphatic carbocycles. The molecule has 0 unspecified atom stereocenters. The molecule has 2 rings (SSSR count). The number of ether oxygens (including phenoxy) is 1. The summed E-state index contributed by atoms with van der Waals surface area (Å²) in [7, 11) is 0. The third-order valence-corrected chi connectivity index (χ3v) is 2.47. The minimum atomic E-state index is 0.513. The predicted octanol–water partition coefficient (Wildman–Crippen LogP) is 0.434. The molecule has 0 radical (unpaired) electrons. The monoisotopic (exact) mass is 181 g/mol. The minimum Gasteiger partial charge on any atom is -0.376 e. The van der Waals surface area contributed by atoms with Crippen LogP contribution in [0.3, 0.4) is 0 Å². The van der Waals surface area contributed by atoms with E-state index >= 15 is 0 Å². The molecule has 2 heterocycles. The second-order valence-corrected chi connectivity index (χ2v) is 3.19. The van der Waals surface area contributed by atoms with Crippen molar-refractivity contribution < 1.29 is 4.74 Å². The Hall–Kier alpha value is -0.870. The van der Waals surface area contributed by atoms with Gasteiger partial charge in [-0.15, -0.1) is 0 Å². The van der Waals surface area contributed by atoms with Gasteiger partial charge in [-0.1, -0.05) is 0 Å². The standard InChI is InChI=1S/C9H15N3O/c1-2-12-9-3-4-13-6-7(9)8(5-10)11-12/h2-6,10H2,1H3. The lowest BCUT2D eigenvalue weighted by molar-refractivity contribution is 0.108. The lowest BCUT2D eigenvalue weighted by atomic mass is 10.1. The highest BCUT2D eigenvalue weighted by atomic mass is 16.5. The molecule has 0 aromatic carbocycles. The van der Waals surface area contributed by atoms with E-state index in [0.29, 0.717) is 13.2 Å². The van der Waals surface area contributed by atoms with Crippen LogP contribution in [0.15, 0.2) is 0 Å². The second kappa shape index (κ2) is 3.47. The zero-order valence-corrected chi connectivity index (χ0v) is 7.92. The molecule has 0 saturated carbocycles. The Morgan fingerprint density at radius 1 is 1.62 bits per heavy atom. The number of rotatable bonds is 2. The fraction of sp³-hybridized carbons (Fsp3) is 0.667. The van der Waals surface area contributed by atoms with Crippen molar-refractivity contribution in [3.8, 4) is 0 Å². The normalized spacial score (nSPS) is 15.8. The summed E-state index contributed by atoms with van der Waals surface area (Å²) in [5.74, 6) is 0. The highest BCUT2D eigenvalue weighted by Gasteiger charge is 2.19. The molecule has 0 atom stereocenters. The van der Waals surface area contributed by atoms with Gasteiger partial charge in [-0.2, -0.15) is 5.10 Å². The summed E-state index contributed by atoms with van der Waals surface area (Å²) >= 11 is 0. The van der Waals surface area contributed by atoms with Crippen LogP contribution < -0.4 is 5.73 Å². The number of nitrogens with two attached hydrogens (primary N) is 1. The van der Waals surface area contributed by atoms with Crippen LogP contribution in [-0.4, -0.2) is 16.4 Å². The molecule has 1 aliphatic heterocycles. The number of aryl methyl sites for hydroxylation is 1. The van der Waals surface area contributed by atoms with E-state index in [2.05, 4.69) is 12.0 Å². The van der Waals surface area contributed by atoms with Gasteiger partial charge in [0.1, 0.15) is 0 Å².